The number of rotatable bonds is 0. The van der Waals surface area contributed by atoms with Crippen LogP contribution in [0.15, 0.2) is 6.33 Å². The molecule has 1 heterocycles. The zero-order chi connectivity index (χ0) is 10.5. The fraction of sp³-hybridized carbons (Fsp3) is 0.700. The summed E-state index contributed by atoms with van der Waals surface area (Å²) in [5.74, 6) is 0. The van der Waals surface area contributed by atoms with Gasteiger partial charge in [-0.2, -0.15) is 5.10 Å². The number of hydrogen-bond donors (Lipinski definition) is 0. The van der Waals surface area contributed by atoms with Crippen molar-refractivity contribution >= 4 is 0 Å². The Bertz CT molecular complexity index is 251. The van der Waals surface area contributed by atoms with E-state index in [1.54, 1.807) is 0 Å². The molecule has 0 atom stereocenters. The monoisotopic (exact) mass is 181 g/mol. The van der Waals surface area contributed by atoms with Crippen molar-refractivity contribution in [2.75, 3.05) is 0 Å². The molecule has 1 aromatic rings. The third-order valence-electron chi connectivity index (χ3n) is 1.51. The first-order valence-electron chi connectivity index (χ1n) is 4.66. The zero-order valence-electron chi connectivity index (χ0n) is 9.42. The third kappa shape index (κ3) is 3.49. The molecule has 0 unspecified atom stereocenters. The highest BCUT2D eigenvalue weighted by Gasteiger charge is 2.18. The van der Waals surface area contributed by atoms with E-state index in [0.29, 0.717) is 0 Å². The van der Waals surface area contributed by atoms with Gasteiger partial charge in [0, 0.05) is 5.41 Å². The van der Waals surface area contributed by atoms with Crippen LogP contribution in [0.5, 0.6) is 0 Å². The lowest BCUT2D eigenvalue weighted by Gasteiger charge is -2.17. The van der Waals surface area contributed by atoms with Gasteiger partial charge in [0.05, 0.1) is 11.4 Å². The van der Waals surface area contributed by atoms with Gasteiger partial charge >= 0.3 is 0 Å². The van der Waals surface area contributed by atoms with Crippen LogP contribution in [0.3, 0.4) is 0 Å². The van der Waals surface area contributed by atoms with Crippen LogP contribution in [0.4, 0.5) is 0 Å². The highest BCUT2D eigenvalue weighted by molar-refractivity contribution is 5.15. The molecule has 3 nitrogen and oxygen atoms in total. The van der Waals surface area contributed by atoms with Crippen molar-refractivity contribution in [2.45, 2.75) is 47.0 Å². The Morgan fingerprint density at radius 1 is 1.15 bits per heavy atom. The van der Waals surface area contributed by atoms with E-state index in [1.807, 2.05) is 20.8 Å². The molecule has 0 spiro atoms. The van der Waals surface area contributed by atoms with Crippen LogP contribution in [0.2, 0.25) is 0 Å². The van der Waals surface area contributed by atoms with Gasteiger partial charge in [0.2, 0.25) is 0 Å². The average Bonchev–Trinajstić information content (AvgIpc) is 2.07. The molecule has 1 rings (SSSR count). The lowest BCUT2D eigenvalue weighted by atomic mass is 9.91. The fourth-order valence-corrected chi connectivity index (χ4v) is 1.02. The van der Waals surface area contributed by atoms with Gasteiger partial charge in [0.15, 0.2) is 0 Å². The Kier molecular flexibility index (Phi) is 4.52. The summed E-state index contributed by atoms with van der Waals surface area (Å²) in [6, 6.07) is 0. The predicted molar refractivity (Wildman–Crippen MR) is 54.6 cm³/mol. The van der Waals surface area contributed by atoms with Crippen LogP contribution in [0.1, 0.15) is 46.0 Å². The molecule has 0 aliphatic carbocycles. The summed E-state index contributed by atoms with van der Waals surface area (Å²) in [6.45, 7) is 12.3. The standard InChI is InChI=1S/C8H13N3.C2H6/c1-6-7(8(2,3)4)11-10-5-9-6;1-2/h5H,1-4H3;1-2H3. The highest BCUT2D eigenvalue weighted by Crippen LogP contribution is 2.20. The lowest BCUT2D eigenvalue weighted by molar-refractivity contribution is 0.547. The Morgan fingerprint density at radius 2 is 1.69 bits per heavy atom. The second-order valence-corrected chi connectivity index (χ2v) is 3.64. The first-order valence-corrected chi connectivity index (χ1v) is 4.66. The molecule has 0 N–H and O–H groups in total. The molecular weight excluding hydrogens is 162 g/mol. The number of hydrogen-bond acceptors (Lipinski definition) is 3. The number of aryl methyl sites for hydroxylation is 1. The molecule has 0 aliphatic rings. The van der Waals surface area contributed by atoms with Gasteiger partial charge in [-0.1, -0.05) is 34.6 Å². The average molecular weight is 181 g/mol. The van der Waals surface area contributed by atoms with E-state index in [0.717, 1.165) is 11.4 Å². The van der Waals surface area contributed by atoms with Crippen molar-refractivity contribution in [3.8, 4) is 0 Å². The van der Waals surface area contributed by atoms with Gasteiger partial charge in [-0.05, 0) is 6.92 Å². The summed E-state index contributed by atoms with van der Waals surface area (Å²) < 4.78 is 0. The van der Waals surface area contributed by atoms with Gasteiger partial charge in [0.1, 0.15) is 6.33 Å². The molecule has 0 saturated carbocycles. The van der Waals surface area contributed by atoms with Gasteiger partial charge < -0.3 is 0 Å². The van der Waals surface area contributed by atoms with E-state index in [4.69, 9.17) is 0 Å². The first-order chi connectivity index (χ1) is 6.02. The Hall–Kier alpha value is -0.990. The molecule has 0 saturated heterocycles. The van der Waals surface area contributed by atoms with Crippen molar-refractivity contribution in [3.05, 3.63) is 17.7 Å². The molecule has 1 aromatic heterocycles. The van der Waals surface area contributed by atoms with E-state index in [9.17, 15) is 0 Å². The predicted octanol–water partition coefficient (Wildman–Crippen LogP) is 2.50. The van der Waals surface area contributed by atoms with Gasteiger partial charge in [-0.25, -0.2) is 4.98 Å². The molecule has 13 heavy (non-hydrogen) atoms. The molecule has 0 radical (unpaired) electrons. The van der Waals surface area contributed by atoms with Gasteiger partial charge in [-0.3, -0.25) is 0 Å². The van der Waals surface area contributed by atoms with Gasteiger partial charge in [0.25, 0.3) is 0 Å². The van der Waals surface area contributed by atoms with E-state index in [-0.39, 0.29) is 5.41 Å². The molecule has 0 bridgehead atoms. The zero-order valence-corrected chi connectivity index (χ0v) is 9.42. The lowest BCUT2D eigenvalue weighted by Crippen LogP contribution is -2.17. The number of aromatic nitrogens is 3. The minimum Gasteiger partial charge on any atom is -0.238 e. The maximum absolute atomic E-state index is 4.07. The minimum absolute atomic E-state index is 0.0470. The van der Waals surface area contributed by atoms with Crippen LogP contribution in [-0.2, 0) is 5.41 Å². The van der Waals surface area contributed by atoms with E-state index in [1.165, 1.54) is 6.33 Å². The van der Waals surface area contributed by atoms with Crippen molar-refractivity contribution in [1.82, 2.24) is 15.2 Å². The van der Waals surface area contributed by atoms with Crippen molar-refractivity contribution in [2.24, 2.45) is 0 Å². The highest BCUT2D eigenvalue weighted by atomic mass is 15.1. The van der Waals surface area contributed by atoms with Gasteiger partial charge in [-0.15, -0.1) is 5.10 Å². The molecule has 0 aromatic carbocycles. The summed E-state index contributed by atoms with van der Waals surface area (Å²) in [7, 11) is 0. The van der Waals surface area contributed by atoms with E-state index >= 15 is 0 Å². The summed E-state index contributed by atoms with van der Waals surface area (Å²) in [4.78, 5) is 4.07. The Labute approximate surface area is 80.6 Å². The molecule has 3 heteroatoms. The Balaban J connectivity index is 0.000000671. The SMILES string of the molecule is CC.Cc1ncnnc1C(C)(C)C. The van der Waals surface area contributed by atoms with Crippen LogP contribution in [0, 0.1) is 6.92 Å². The maximum atomic E-state index is 4.07. The summed E-state index contributed by atoms with van der Waals surface area (Å²) in [5.41, 5.74) is 1.98. The maximum Gasteiger partial charge on any atom is 0.138 e. The smallest absolute Gasteiger partial charge is 0.138 e. The quantitative estimate of drug-likeness (QED) is 0.617. The third-order valence-corrected chi connectivity index (χ3v) is 1.51. The fourth-order valence-electron chi connectivity index (χ4n) is 1.02. The van der Waals surface area contributed by atoms with E-state index in [2.05, 4.69) is 36.0 Å². The minimum atomic E-state index is 0.0470. The topological polar surface area (TPSA) is 38.7 Å². The molecule has 0 aliphatic heterocycles. The molecule has 0 amide bonds. The van der Waals surface area contributed by atoms with Crippen LogP contribution in [0.25, 0.3) is 0 Å². The van der Waals surface area contributed by atoms with Crippen molar-refractivity contribution in [3.63, 3.8) is 0 Å². The second kappa shape index (κ2) is 4.90. The number of nitrogens with zero attached hydrogens (tertiary/aromatic N) is 3. The van der Waals surface area contributed by atoms with E-state index < -0.39 is 0 Å². The summed E-state index contributed by atoms with van der Waals surface area (Å²) in [5, 5.41) is 7.79. The largest absolute Gasteiger partial charge is 0.238 e. The van der Waals surface area contributed by atoms with Crippen molar-refractivity contribution < 1.29 is 0 Å². The normalized spacial score (nSPS) is 10.3. The molecular formula is C10H19N3. The molecule has 0 fully saturated rings. The van der Waals surface area contributed by atoms with Crippen molar-refractivity contribution in [1.29, 1.82) is 0 Å². The second-order valence-electron chi connectivity index (χ2n) is 3.64. The van der Waals surface area contributed by atoms with Crippen LogP contribution >= 0.6 is 0 Å². The Morgan fingerprint density at radius 3 is 2.00 bits per heavy atom. The van der Waals surface area contributed by atoms with Crippen LogP contribution in [-0.4, -0.2) is 15.2 Å². The molecule has 74 valence electrons. The summed E-state index contributed by atoms with van der Waals surface area (Å²) >= 11 is 0. The van der Waals surface area contributed by atoms with Crippen LogP contribution < -0.4 is 0 Å². The first kappa shape index (κ1) is 12.0. The summed E-state index contributed by atoms with van der Waals surface area (Å²) in [6.07, 6.45) is 1.48.